The summed E-state index contributed by atoms with van der Waals surface area (Å²) in [5, 5.41) is 11.5. The summed E-state index contributed by atoms with van der Waals surface area (Å²) in [7, 11) is 0. The molecular formula is C33H44N2O6. The molecule has 222 valence electrons. The van der Waals surface area contributed by atoms with Gasteiger partial charge in [-0.2, -0.15) is 0 Å². The number of ketones is 1. The summed E-state index contributed by atoms with van der Waals surface area (Å²) in [4.78, 5) is 30.8. The maximum absolute atomic E-state index is 13.5. The lowest BCUT2D eigenvalue weighted by molar-refractivity contribution is -0.140. The molecule has 8 nitrogen and oxygen atoms in total. The topological polar surface area (TPSA) is 88.5 Å². The van der Waals surface area contributed by atoms with Crippen LogP contribution in [0.3, 0.4) is 0 Å². The second kappa shape index (κ2) is 14.5. The van der Waals surface area contributed by atoms with Crippen LogP contribution in [0.5, 0.6) is 11.5 Å². The molecule has 2 heterocycles. The highest BCUT2D eigenvalue weighted by Gasteiger charge is 2.45. The monoisotopic (exact) mass is 564 g/mol. The van der Waals surface area contributed by atoms with Crippen molar-refractivity contribution in [2.24, 2.45) is 5.92 Å². The Hall–Kier alpha value is -3.36. The van der Waals surface area contributed by atoms with Crippen molar-refractivity contribution >= 4 is 17.4 Å². The lowest BCUT2D eigenvalue weighted by Crippen LogP contribution is -2.38. The highest BCUT2D eigenvalue weighted by atomic mass is 16.5. The lowest BCUT2D eigenvalue weighted by Gasteiger charge is -2.29. The number of hydrogen-bond acceptors (Lipinski definition) is 7. The second-order valence-corrected chi connectivity index (χ2v) is 11.3. The zero-order chi connectivity index (χ0) is 29.4. The Labute approximate surface area is 243 Å². The third kappa shape index (κ3) is 7.68. The maximum atomic E-state index is 13.5. The van der Waals surface area contributed by atoms with Crippen LogP contribution in [0, 0.1) is 12.8 Å². The van der Waals surface area contributed by atoms with Crippen molar-refractivity contribution in [1.29, 1.82) is 0 Å². The van der Waals surface area contributed by atoms with E-state index in [4.69, 9.17) is 14.2 Å². The lowest BCUT2D eigenvalue weighted by atomic mass is 9.94. The van der Waals surface area contributed by atoms with E-state index in [1.165, 1.54) is 0 Å². The molecule has 1 unspecified atom stereocenters. The summed E-state index contributed by atoms with van der Waals surface area (Å²) < 4.78 is 17.2. The van der Waals surface area contributed by atoms with E-state index in [9.17, 15) is 14.7 Å². The molecular weight excluding hydrogens is 520 g/mol. The number of carbonyl (C=O) groups is 2. The van der Waals surface area contributed by atoms with Crippen molar-refractivity contribution in [3.63, 3.8) is 0 Å². The summed E-state index contributed by atoms with van der Waals surface area (Å²) in [6.07, 6.45) is 2.72. The van der Waals surface area contributed by atoms with E-state index in [0.29, 0.717) is 50.9 Å². The number of unbranched alkanes of at least 4 members (excludes halogenated alkanes) is 1. The van der Waals surface area contributed by atoms with Gasteiger partial charge in [-0.1, -0.05) is 39.3 Å². The molecule has 4 rings (SSSR count). The number of ether oxygens (including phenoxy) is 3. The molecule has 0 bridgehead atoms. The van der Waals surface area contributed by atoms with Gasteiger partial charge in [0.15, 0.2) is 0 Å². The number of morpholine rings is 1. The molecule has 1 N–H and O–H groups in total. The largest absolute Gasteiger partial charge is 0.507 e. The average Bonchev–Trinajstić information content (AvgIpc) is 3.22. The highest BCUT2D eigenvalue weighted by Crippen LogP contribution is 2.40. The van der Waals surface area contributed by atoms with Crippen molar-refractivity contribution in [1.82, 2.24) is 9.80 Å². The van der Waals surface area contributed by atoms with Gasteiger partial charge >= 0.3 is 0 Å². The quantitative estimate of drug-likeness (QED) is 0.152. The molecule has 1 atom stereocenters. The Bertz CT molecular complexity index is 1220. The van der Waals surface area contributed by atoms with E-state index in [2.05, 4.69) is 25.7 Å². The van der Waals surface area contributed by atoms with Crippen LogP contribution in [0.25, 0.3) is 5.76 Å². The first kappa shape index (κ1) is 30.6. The fourth-order valence-electron chi connectivity index (χ4n) is 5.20. The van der Waals surface area contributed by atoms with Crippen molar-refractivity contribution < 1.29 is 28.9 Å². The van der Waals surface area contributed by atoms with Gasteiger partial charge in [-0.15, -0.1) is 0 Å². The SMILES string of the molecule is CCCCOc1ccc(C2C(=C(O)c3ccc(OCC(C)C)c(C)c3)C(=O)C(=O)N2CCCN2CCOCC2)cc1. The first-order chi connectivity index (χ1) is 19.8. The van der Waals surface area contributed by atoms with Gasteiger partial charge in [0, 0.05) is 31.7 Å². The van der Waals surface area contributed by atoms with Crippen LogP contribution in [0.2, 0.25) is 0 Å². The van der Waals surface area contributed by atoms with Crippen LogP contribution in [-0.4, -0.2) is 79.2 Å². The number of nitrogens with zero attached hydrogens (tertiary/aromatic N) is 2. The van der Waals surface area contributed by atoms with Gasteiger partial charge in [0.2, 0.25) is 0 Å². The van der Waals surface area contributed by atoms with Crippen molar-refractivity contribution in [3.8, 4) is 11.5 Å². The second-order valence-electron chi connectivity index (χ2n) is 11.3. The maximum Gasteiger partial charge on any atom is 0.295 e. The van der Waals surface area contributed by atoms with Gasteiger partial charge < -0.3 is 24.2 Å². The minimum absolute atomic E-state index is 0.108. The van der Waals surface area contributed by atoms with Crippen LogP contribution in [-0.2, 0) is 14.3 Å². The van der Waals surface area contributed by atoms with Crippen LogP contribution >= 0.6 is 0 Å². The number of hydrogen-bond donors (Lipinski definition) is 1. The number of carbonyl (C=O) groups excluding carboxylic acids is 2. The Morgan fingerprint density at radius 2 is 1.76 bits per heavy atom. The van der Waals surface area contributed by atoms with Gasteiger partial charge in [0.1, 0.15) is 17.3 Å². The van der Waals surface area contributed by atoms with E-state index in [-0.39, 0.29) is 11.3 Å². The van der Waals surface area contributed by atoms with Gasteiger partial charge in [0.25, 0.3) is 11.7 Å². The Balaban J connectivity index is 1.64. The molecule has 2 aliphatic heterocycles. The van der Waals surface area contributed by atoms with Crippen LogP contribution in [0.1, 0.15) is 62.8 Å². The van der Waals surface area contributed by atoms with Gasteiger partial charge in [-0.25, -0.2) is 0 Å². The van der Waals surface area contributed by atoms with Crippen molar-refractivity contribution in [3.05, 3.63) is 64.7 Å². The predicted octanol–water partition coefficient (Wildman–Crippen LogP) is 5.35. The van der Waals surface area contributed by atoms with Gasteiger partial charge in [-0.3, -0.25) is 14.5 Å². The number of likely N-dealkylation sites (tertiary alicyclic amines) is 1. The first-order valence-corrected chi connectivity index (χ1v) is 14.8. The molecule has 0 spiro atoms. The number of amides is 1. The van der Waals surface area contributed by atoms with Gasteiger partial charge in [-0.05, 0) is 67.1 Å². The average molecular weight is 565 g/mol. The number of Topliss-reactive ketones (excluding diaryl/α,β-unsaturated/α-hetero) is 1. The molecule has 1 amide bonds. The predicted molar refractivity (Wildman–Crippen MR) is 159 cm³/mol. The zero-order valence-corrected chi connectivity index (χ0v) is 24.9. The summed E-state index contributed by atoms with van der Waals surface area (Å²) in [5.74, 6) is 0.416. The zero-order valence-electron chi connectivity index (χ0n) is 24.9. The Morgan fingerprint density at radius 1 is 1.02 bits per heavy atom. The van der Waals surface area contributed by atoms with Crippen LogP contribution in [0.15, 0.2) is 48.0 Å². The van der Waals surface area contributed by atoms with E-state index in [0.717, 1.165) is 55.1 Å². The minimum atomic E-state index is -0.693. The number of aliphatic hydroxyl groups is 1. The van der Waals surface area contributed by atoms with Crippen LogP contribution in [0.4, 0.5) is 0 Å². The molecule has 0 radical (unpaired) electrons. The molecule has 41 heavy (non-hydrogen) atoms. The summed E-state index contributed by atoms with van der Waals surface area (Å²) in [6.45, 7) is 13.7. The molecule has 8 heteroatoms. The highest BCUT2D eigenvalue weighted by molar-refractivity contribution is 6.46. The molecule has 0 saturated carbocycles. The number of aliphatic hydroxyl groups excluding tert-OH is 1. The first-order valence-electron chi connectivity index (χ1n) is 14.8. The molecule has 2 aromatic carbocycles. The summed E-state index contributed by atoms with van der Waals surface area (Å²) in [5.41, 5.74) is 2.19. The third-order valence-electron chi connectivity index (χ3n) is 7.50. The van der Waals surface area contributed by atoms with E-state index in [1.54, 1.807) is 17.0 Å². The minimum Gasteiger partial charge on any atom is -0.507 e. The van der Waals surface area contributed by atoms with E-state index < -0.39 is 17.7 Å². The standard InChI is InChI=1S/C33H44N2O6/c1-5-6-18-40-27-11-8-25(9-12-27)30-29(31(36)26-10-13-28(24(4)21-26)41-22-23(2)3)32(37)33(38)35(30)15-7-14-34-16-19-39-20-17-34/h8-13,21,23,30,36H,5-7,14-20,22H2,1-4H3. The number of rotatable bonds is 13. The Kier molecular flexibility index (Phi) is 10.8. The number of benzene rings is 2. The number of aryl methyl sites for hydroxylation is 1. The van der Waals surface area contributed by atoms with Crippen molar-refractivity contribution in [2.75, 3.05) is 52.6 Å². The molecule has 2 fully saturated rings. The molecule has 2 saturated heterocycles. The summed E-state index contributed by atoms with van der Waals surface area (Å²) >= 11 is 0. The van der Waals surface area contributed by atoms with Crippen molar-refractivity contribution in [2.45, 2.75) is 53.0 Å². The summed E-state index contributed by atoms with van der Waals surface area (Å²) in [6, 6.07) is 12.2. The fourth-order valence-corrected chi connectivity index (χ4v) is 5.20. The molecule has 2 aliphatic rings. The molecule has 0 aromatic heterocycles. The normalized spacial score (nSPS) is 19.2. The van der Waals surface area contributed by atoms with Crippen LogP contribution < -0.4 is 9.47 Å². The smallest absolute Gasteiger partial charge is 0.295 e. The molecule has 0 aliphatic carbocycles. The van der Waals surface area contributed by atoms with Gasteiger partial charge in [0.05, 0.1) is 38.0 Å². The third-order valence-corrected chi connectivity index (χ3v) is 7.50. The molecule has 2 aromatic rings. The van der Waals surface area contributed by atoms with E-state index in [1.807, 2.05) is 37.3 Å². The fraction of sp³-hybridized carbons (Fsp3) is 0.515. The Morgan fingerprint density at radius 3 is 2.41 bits per heavy atom. The van der Waals surface area contributed by atoms with E-state index >= 15 is 0 Å².